The molecule has 0 aliphatic heterocycles. The van der Waals surface area contributed by atoms with E-state index in [1.807, 2.05) is 39.8 Å². The van der Waals surface area contributed by atoms with E-state index in [1.54, 1.807) is 0 Å². The highest BCUT2D eigenvalue weighted by Crippen LogP contribution is 2.30. The summed E-state index contributed by atoms with van der Waals surface area (Å²) in [4.78, 5) is 20.4. The fraction of sp³-hybridized carbons (Fsp3) is 0.815. The van der Waals surface area contributed by atoms with Crippen LogP contribution in [0, 0.1) is 0 Å². The van der Waals surface area contributed by atoms with Crippen LogP contribution in [0.25, 0.3) is 21.5 Å². The number of anilines is 1. The van der Waals surface area contributed by atoms with E-state index in [0.29, 0.717) is 282 Å². The molecule has 0 bridgehead atoms. The Morgan fingerprint density at radius 2 is 0.812 bits per heavy atom. The Morgan fingerprint density at radius 3 is 1.11 bits per heavy atom. The number of rotatable bonds is 72. The van der Waals surface area contributed by atoms with E-state index in [4.69, 9.17) is 116 Å². The molecular formula is C65H115N9O22. The molecule has 1 aromatic carbocycles. The molecule has 2 aromatic heterocycles. The van der Waals surface area contributed by atoms with Gasteiger partial charge < -0.3 is 115 Å². The Kier molecular flexibility index (Phi) is 54.8. The van der Waals surface area contributed by atoms with Crippen molar-refractivity contribution in [1.29, 1.82) is 0 Å². The fourth-order valence-corrected chi connectivity index (χ4v) is 8.38. The van der Waals surface area contributed by atoms with Crippen molar-refractivity contribution in [3.8, 4) is 5.88 Å². The number of benzene rings is 1. The quantitative estimate of drug-likeness (QED) is 0.0326. The van der Waals surface area contributed by atoms with E-state index in [2.05, 4.69) is 49.2 Å². The Bertz CT molecular complexity index is 2330. The molecule has 0 saturated carbocycles. The molecule has 3 aromatic rings. The number of ether oxygens (including phenoxy) is 21. The zero-order valence-corrected chi connectivity index (χ0v) is 58.1. The number of nitrogens with two attached hydrogens (primary N) is 1. The van der Waals surface area contributed by atoms with Gasteiger partial charge in [0, 0.05) is 30.8 Å². The molecule has 0 saturated heterocycles. The van der Waals surface area contributed by atoms with Crippen LogP contribution in [0.15, 0.2) is 29.4 Å². The first-order chi connectivity index (χ1) is 47.2. The topological polar surface area (TPSA) is 341 Å². The maximum atomic E-state index is 12.9. The second kappa shape index (κ2) is 61.4. The zero-order valence-electron chi connectivity index (χ0n) is 58.1. The highest BCUT2D eigenvalue weighted by atomic mass is 16.6. The third-order valence-corrected chi connectivity index (χ3v) is 13.3. The molecule has 0 radical (unpaired) electrons. The molecule has 0 aliphatic carbocycles. The van der Waals surface area contributed by atoms with E-state index in [9.17, 15) is 4.79 Å². The van der Waals surface area contributed by atoms with Gasteiger partial charge in [0.2, 0.25) is 5.91 Å². The van der Waals surface area contributed by atoms with Gasteiger partial charge in [-0.3, -0.25) is 4.79 Å². The van der Waals surface area contributed by atoms with E-state index < -0.39 is 5.54 Å². The van der Waals surface area contributed by atoms with E-state index in [0.717, 1.165) is 41.7 Å². The summed E-state index contributed by atoms with van der Waals surface area (Å²) in [7, 11) is 0. The van der Waals surface area contributed by atoms with E-state index in [-0.39, 0.29) is 30.9 Å². The van der Waals surface area contributed by atoms with E-state index in [1.165, 1.54) is 0 Å². The third-order valence-electron chi connectivity index (χ3n) is 13.3. The number of amides is 1. The minimum atomic E-state index is -0.599. The molecule has 0 atom stereocenters. The summed E-state index contributed by atoms with van der Waals surface area (Å²) < 4.78 is 118. The third kappa shape index (κ3) is 46.6. The van der Waals surface area contributed by atoms with Crippen molar-refractivity contribution in [3.05, 3.63) is 51.7 Å². The number of imidazole rings is 1. The Labute approximate surface area is 567 Å². The summed E-state index contributed by atoms with van der Waals surface area (Å²) >= 11 is 0. The molecule has 31 heteroatoms. The average molecular weight is 1370 g/mol. The van der Waals surface area contributed by atoms with Crippen LogP contribution in [-0.2, 0) is 118 Å². The molecule has 0 spiro atoms. The number of unbranched alkanes of at least 4 members (excludes halogenated alkanes) is 1. The highest BCUT2D eigenvalue weighted by molar-refractivity contribution is 5.88. The number of nitrogens with zero attached hydrogens (tertiary/aromatic N) is 7. The Hall–Kier alpha value is -4.65. The molecule has 3 N–H and O–H groups in total. The molecule has 1 amide bonds. The van der Waals surface area contributed by atoms with Crippen molar-refractivity contribution < 1.29 is 104 Å². The van der Waals surface area contributed by atoms with Crippen LogP contribution < -0.4 is 15.8 Å². The first-order valence-electron chi connectivity index (χ1n) is 33.8. The molecule has 0 aliphatic rings. The summed E-state index contributed by atoms with van der Waals surface area (Å²) in [5.41, 5.74) is 17.2. The lowest BCUT2D eigenvalue weighted by atomic mass is 9.93. The summed E-state index contributed by atoms with van der Waals surface area (Å²) in [5, 5.41) is 14.9. The second-order valence-electron chi connectivity index (χ2n) is 21.8. The van der Waals surface area contributed by atoms with Crippen LogP contribution in [0.1, 0.15) is 70.8 Å². The number of aryl methyl sites for hydroxylation is 1. The smallest absolute Gasteiger partial charge is 0.260 e. The fourth-order valence-electron chi connectivity index (χ4n) is 8.38. The Balaban J connectivity index is 0.939. The zero-order chi connectivity index (χ0) is 68.7. The average Bonchev–Trinajstić information content (AvgIpc) is 1.61. The van der Waals surface area contributed by atoms with Gasteiger partial charge in [0.15, 0.2) is 5.82 Å². The van der Waals surface area contributed by atoms with Gasteiger partial charge in [-0.15, -0.1) is 10.2 Å². The van der Waals surface area contributed by atoms with Gasteiger partial charge in [-0.25, -0.2) is 4.98 Å². The predicted molar refractivity (Wildman–Crippen MR) is 356 cm³/mol. The van der Waals surface area contributed by atoms with Crippen LogP contribution >= 0.6 is 0 Å². The van der Waals surface area contributed by atoms with Crippen molar-refractivity contribution in [2.75, 3.05) is 277 Å². The molecule has 552 valence electrons. The number of hydrogen-bond donors (Lipinski definition) is 2. The predicted octanol–water partition coefficient (Wildman–Crippen LogP) is 4.97. The first-order valence-corrected chi connectivity index (χ1v) is 33.8. The lowest BCUT2D eigenvalue weighted by Gasteiger charge is -2.27. The largest absolute Gasteiger partial charge is 0.472 e. The van der Waals surface area contributed by atoms with Gasteiger partial charge in [-0.1, -0.05) is 42.7 Å². The molecule has 3 rings (SSSR count). The van der Waals surface area contributed by atoms with Crippen molar-refractivity contribution in [2.45, 2.75) is 78.5 Å². The van der Waals surface area contributed by atoms with Gasteiger partial charge >= 0.3 is 0 Å². The van der Waals surface area contributed by atoms with Gasteiger partial charge in [-0.2, -0.15) is 0 Å². The standard InChI is InChI=1S/C65H115N9O22/c1-6-7-8-59-69-61-62(64(96-56(2)3)72-71-63(61)66)74(59)55-57-9-11-58(12-10-57)65(4,5)70-60(75)13-15-76-17-19-78-21-23-80-25-27-82-29-31-84-33-35-86-37-39-88-41-43-90-45-47-92-49-51-94-53-54-95-52-50-93-48-46-91-44-42-89-40-38-87-36-34-85-32-30-83-28-26-81-24-22-79-20-18-77-16-14-68-73-67/h9-12,56H,6-8,13-55H2,1-5H3,(H2,66,71)(H,70,75). The van der Waals surface area contributed by atoms with Crippen molar-refractivity contribution >= 4 is 22.8 Å². The highest BCUT2D eigenvalue weighted by Gasteiger charge is 2.24. The van der Waals surface area contributed by atoms with Crippen molar-refractivity contribution in [3.63, 3.8) is 0 Å². The molecule has 0 unspecified atom stereocenters. The van der Waals surface area contributed by atoms with Gasteiger partial charge in [0.1, 0.15) is 16.9 Å². The van der Waals surface area contributed by atoms with Gasteiger partial charge in [-0.05, 0) is 50.8 Å². The SMILES string of the molecule is CCCCc1nc2c(N)nnc(OC(C)C)c2n1Cc1ccc(C(C)(C)NC(=O)CCOCCOCCOCCOCCOCCOCCOCCOCCOCCOCCOCCOCCOCCOCCOCCOCCOCCOCCOCCOCCN=[N+]=[N-])cc1. The van der Waals surface area contributed by atoms with Crippen LogP contribution in [-0.4, -0.2) is 303 Å². The monoisotopic (exact) mass is 1370 g/mol. The Morgan fingerprint density at radius 1 is 0.500 bits per heavy atom. The maximum Gasteiger partial charge on any atom is 0.260 e. The van der Waals surface area contributed by atoms with Crippen LogP contribution in [0.4, 0.5) is 5.82 Å². The number of fused-ring (bicyclic) bond motifs is 1. The summed E-state index contributed by atoms with van der Waals surface area (Å²) in [6.45, 7) is 29.3. The summed E-state index contributed by atoms with van der Waals surface area (Å²) in [5.74, 6) is 1.50. The molecule has 2 heterocycles. The van der Waals surface area contributed by atoms with Crippen LogP contribution in [0.3, 0.4) is 0 Å². The number of hydrogen-bond acceptors (Lipinski definition) is 27. The van der Waals surface area contributed by atoms with Crippen LogP contribution in [0.2, 0.25) is 0 Å². The number of nitrogen functional groups attached to an aromatic ring is 1. The molecule has 0 fully saturated rings. The van der Waals surface area contributed by atoms with E-state index >= 15 is 0 Å². The summed E-state index contributed by atoms with van der Waals surface area (Å²) in [6.07, 6.45) is 2.94. The lowest BCUT2D eigenvalue weighted by molar-refractivity contribution is -0.124. The maximum absolute atomic E-state index is 12.9. The minimum Gasteiger partial charge on any atom is -0.472 e. The number of nitrogens with one attached hydrogen (secondary N) is 1. The molecular weight excluding hydrogens is 1260 g/mol. The lowest BCUT2D eigenvalue weighted by Crippen LogP contribution is -2.41. The van der Waals surface area contributed by atoms with Crippen LogP contribution in [0.5, 0.6) is 5.88 Å². The second-order valence-corrected chi connectivity index (χ2v) is 21.8. The minimum absolute atomic E-state index is 0.0923. The van der Waals surface area contributed by atoms with Gasteiger partial charge in [0.05, 0.1) is 276 Å². The molecule has 31 nitrogen and oxygen atoms in total. The van der Waals surface area contributed by atoms with Crippen molar-refractivity contribution in [1.82, 2.24) is 25.1 Å². The number of aromatic nitrogens is 4. The molecule has 96 heavy (non-hydrogen) atoms. The number of azide groups is 1. The first kappa shape index (κ1) is 85.6. The number of carbonyl (C=O) groups excluding carboxylic acids is 1. The summed E-state index contributed by atoms with van der Waals surface area (Å²) in [6, 6.07) is 8.22. The number of carbonyl (C=O) groups is 1. The normalized spacial score (nSPS) is 11.8. The van der Waals surface area contributed by atoms with Crippen molar-refractivity contribution in [2.24, 2.45) is 5.11 Å². The van der Waals surface area contributed by atoms with Gasteiger partial charge in [0.25, 0.3) is 5.88 Å².